The molecule has 0 bridgehead atoms. The molecule has 0 aromatic carbocycles. The number of aliphatic hydroxyl groups is 1. The zero-order chi connectivity index (χ0) is 11.5. The highest BCUT2D eigenvalue weighted by atomic mass is 16.7. The molecular formula is C11H25NO3. The van der Waals surface area contributed by atoms with Crippen LogP contribution >= 0.6 is 0 Å². The minimum atomic E-state index is -0.103. The van der Waals surface area contributed by atoms with Crippen LogP contribution in [-0.4, -0.2) is 43.8 Å². The lowest BCUT2D eigenvalue weighted by Gasteiger charge is -2.18. The zero-order valence-corrected chi connectivity index (χ0v) is 10.2. The molecular weight excluding hydrogens is 194 g/mol. The summed E-state index contributed by atoms with van der Waals surface area (Å²) in [5.41, 5.74) is 0. The van der Waals surface area contributed by atoms with Crippen molar-refractivity contribution in [1.29, 1.82) is 0 Å². The molecule has 0 aromatic heterocycles. The van der Waals surface area contributed by atoms with Gasteiger partial charge in [0, 0.05) is 38.8 Å². The number of aliphatic hydroxyl groups excluding tert-OH is 1. The van der Waals surface area contributed by atoms with E-state index >= 15 is 0 Å². The van der Waals surface area contributed by atoms with Crippen molar-refractivity contribution in [2.24, 2.45) is 0 Å². The molecule has 4 heteroatoms. The van der Waals surface area contributed by atoms with Gasteiger partial charge in [0.25, 0.3) is 0 Å². The van der Waals surface area contributed by atoms with E-state index < -0.39 is 0 Å². The predicted molar refractivity (Wildman–Crippen MR) is 60.8 cm³/mol. The summed E-state index contributed by atoms with van der Waals surface area (Å²) in [6, 6.07) is 0.346. The Morgan fingerprint density at radius 3 is 2.20 bits per heavy atom. The number of ether oxygens (including phenoxy) is 2. The molecule has 0 radical (unpaired) electrons. The van der Waals surface area contributed by atoms with Crippen LogP contribution in [-0.2, 0) is 9.47 Å². The Bertz CT molecular complexity index is 127. The van der Waals surface area contributed by atoms with Crippen LogP contribution in [0.4, 0.5) is 0 Å². The minimum Gasteiger partial charge on any atom is -0.396 e. The van der Waals surface area contributed by atoms with Gasteiger partial charge in [-0.2, -0.15) is 0 Å². The zero-order valence-electron chi connectivity index (χ0n) is 10.2. The van der Waals surface area contributed by atoms with E-state index in [0.717, 1.165) is 19.4 Å². The van der Waals surface area contributed by atoms with Crippen LogP contribution in [0.2, 0.25) is 0 Å². The molecule has 0 aliphatic heterocycles. The van der Waals surface area contributed by atoms with Gasteiger partial charge < -0.3 is 19.9 Å². The predicted octanol–water partition coefficient (Wildman–Crippen LogP) is 1.14. The van der Waals surface area contributed by atoms with Gasteiger partial charge in [0.15, 0.2) is 6.29 Å². The average Bonchev–Trinajstić information content (AvgIpc) is 2.19. The highest BCUT2D eigenvalue weighted by Gasteiger charge is 2.08. The Morgan fingerprint density at radius 1 is 1.13 bits per heavy atom. The lowest BCUT2D eigenvalue weighted by Crippen LogP contribution is -2.31. The Hall–Kier alpha value is -0.160. The van der Waals surface area contributed by atoms with Crippen molar-refractivity contribution in [2.75, 3.05) is 26.4 Å². The summed E-state index contributed by atoms with van der Waals surface area (Å²) in [6.07, 6.45) is 1.53. The van der Waals surface area contributed by atoms with Crippen molar-refractivity contribution in [3.63, 3.8) is 0 Å². The van der Waals surface area contributed by atoms with Gasteiger partial charge in [0.2, 0.25) is 0 Å². The molecule has 15 heavy (non-hydrogen) atoms. The minimum absolute atomic E-state index is 0.103. The van der Waals surface area contributed by atoms with E-state index in [1.807, 2.05) is 13.8 Å². The van der Waals surface area contributed by atoms with Gasteiger partial charge in [-0.15, -0.1) is 0 Å². The van der Waals surface area contributed by atoms with E-state index in [1.165, 1.54) is 0 Å². The van der Waals surface area contributed by atoms with Crippen molar-refractivity contribution in [3.8, 4) is 0 Å². The standard InChI is InChI=1S/C11H25NO3/c1-4-14-11(15-5-2)6-8-12-10(3)7-9-13/h10-13H,4-9H2,1-3H3. The molecule has 0 aromatic rings. The first-order valence-corrected chi connectivity index (χ1v) is 5.82. The summed E-state index contributed by atoms with van der Waals surface area (Å²) in [5, 5.41) is 12.0. The normalized spacial score (nSPS) is 13.4. The average molecular weight is 219 g/mol. The molecule has 0 saturated carbocycles. The molecule has 0 heterocycles. The van der Waals surface area contributed by atoms with Crippen LogP contribution in [0, 0.1) is 0 Å². The van der Waals surface area contributed by atoms with Crippen LogP contribution in [0.3, 0.4) is 0 Å². The van der Waals surface area contributed by atoms with Crippen LogP contribution < -0.4 is 5.32 Å². The Labute approximate surface area is 93.0 Å². The van der Waals surface area contributed by atoms with E-state index in [-0.39, 0.29) is 12.9 Å². The van der Waals surface area contributed by atoms with E-state index in [4.69, 9.17) is 14.6 Å². The van der Waals surface area contributed by atoms with E-state index in [1.54, 1.807) is 0 Å². The third-order valence-electron chi connectivity index (χ3n) is 2.14. The maximum Gasteiger partial charge on any atom is 0.158 e. The van der Waals surface area contributed by atoms with Gasteiger partial charge in [-0.1, -0.05) is 0 Å². The fourth-order valence-electron chi connectivity index (χ4n) is 1.33. The van der Waals surface area contributed by atoms with Gasteiger partial charge in [-0.3, -0.25) is 0 Å². The highest BCUT2D eigenvalue weighted by molar-refractivity contribution is 4.60. The lowest BCUT2D eigenvalue weighted by molar-refractivity contribution is -0.138. The van der Waals surface area contributed by atoms with Crippen LogP contribution in [0.25, 0.3) is 0 Å². The van der Waals surface area contributed by atoms with E-state index in [0.29, 0.717) is 19.3 Å². The molecule has 92 valence electrons. The van der Waals surface area contributed by atoms with Crippen molar-refractivity contribution in [2.45, 2.75) is 45.9 Å². The number of nitrogens with one attached hydrogen (secondary N) is 1. The Morgan fingerprint density at radius 2 is 1.73 bits per heavy atom. The Kier molecular flexibility index (Phi) is 10.3. The topological polar surface area (TPSA) is 50.7 Å². The summed E-state index contributed by atoms with van der Waals surface area (Å²) in [7, 11) is 0. The van der Waals surface area contributed by atoms with Gasteiger partial charge in [-0.25, -0.2) is 0 Å². The summed E-state index contributed by atoms with van der Waals surface area (Å²) in [6.45, 7) is 8.43. The second kappa shape index (κ2) is 10.4. The molecule has 0 saturated heterocycles. The maximum absolute atomic E-state index is 8.72. The first-order chi connectivity index (χ1) is 7.24. The lowest BCUT2D eigenvalue weighted by atomic mass is 10.2. The van der Waals surface area contributed by atoms with E-state index in [9.17, 15) is 0 Å². The smallest absolute Gasteiger partial charge is 0.158 e. The largest absolute Gasteiger partial charge is 0.396 e. The molecule has 2 N–H and O–H groups in total. The maximum atomic E-state index is 8.72. The summed E-state index contributed by atoms with van der Waals surface area (Å²) >= 11 is 0. The molecule has 0 rings (SSSR count). The molecule has 1 unspecified atom stereocenters. The summed E-state index contributed by atoms with van der Waals surface area (Å²) < 4.78 is 10.8. The third-order valence-corrected chi connectivity index (χ3v) is 2.14. The van der Waals surface area contributed by atoms with Crippen LogP contribution in [0.5, 0.6) is 0 Å². The van der Waals surface area contributed by atoms with Gasteiger partial charge in [0.1, 0.15) is 0 Å². The number of rotatable bonds is 10. The molecule has 0 amide bonds. The third kappa shape index (κ3) is 8.81. The van der Waals surface area contributed by atoms with Crippen molar-refractivity contribution in [3.05, 3.63) is 0 Å². The molecule has 0 spiro atoms. The molecule has 0 fully saturated rings. The monoisotopic (exact) mass is 219 g/mol. The molecule has 4 nitrogen and oxygen atoms in total. The van der Waals surface area contributed by atoms with Crippen molar-refractivity contribution < 1.29 is 14.6 Å². The van der Waals surface area contributed by atoms with Crippen LogP contribution in [0.1, 0.15) is 33.6 Å². The molecule has 0 aliphatic rings. The number of hydrogen-bond acceptors (Lipinski definition) is 4. The first-order valence-electron chi connectivity index (χ1n) is 5.82. The number of hydrogen-bond donors (Lipinski definition) is 2. The van der Waals surface area contributed by atoms with Crippen molar-refractivity contribution in [1.82, 2.24) is 5.32 Å². The quantitative estimate of drug-likeness (QED) is 0.541. The fraction of sp³-hybridized carbons (Fsp3) is 1.00. The highest BCUT2D eigenvalue weighted by Crippen LogP contribution is 2.00. The van der Waals surface area contributed by atoms with Gasteiger partial charge in [0.05, 0.1) is 0 Å². The summed E-state index contributed by atoms with van der Waals surface area (Å²) in [4.78, 5) is 0. The van der Waals surface area contributed by atoms with Crippen LogP contribution in [0.15, 0.2) is 0 Å². The van der Waals surface area contributed by atoms with Gasteiger partial charge in [-0.05, 0) is 27.2 Å². The fourth-order valence-corrected chi connectivity index (χ4v) is 1.33. The second-order valence-corrected chi connectivity index (χ2v) is 3.50. The summed E-state index contributed by atoms with van der Waals surface area (Å²) in [5.74, 6) is 0. The molecule has 1 atom stereocenters. The second-order valence-electron chi connectivity index (χ2n) is 3.50. The SMILES string of the molecule is CCOC(CCNC(C)CCO)OCC. The van der Waals surface area contributed by atoms with Gasteiger partial charge >= 0.3 is 0 Å². The van der Waals surface area contributed by atoms with Crippen molar-refractivity contribution >= 4 is 0 Å². The van der Waals surface area contributed by atoms with E-state index in [2.05, 4.69) is 12.2 Å². The first kappa shape index (κ1) is 14.8. The Balaban J connectivity index is 3.51. The molecule has 0 aliphatic carbocycles.